The minimum Gasteiger partial charge on any atom is -0.469 e. The molecule has 3 nitrogen and oxygen atoms in total. The van der Waals surface area contributed by atoms with E-state index in [9.17, 15) is 4.79 Å². The summed E-state index contributed by atoms with van der Waals surface area (Å²) in [4.78, 5) is 14.3. The van der Waals surface area contributed by atoms with Crippen LogP contribution >= 0.6 is 23.5 Å². The Hall–Kier alpha value is 0.130. The Morgan fingerprint density at radius 2 is 2.12 bits per heavy atom. The molecular weight excluding hydrogens is 254 g/mol. The molecule has 0 saturated carbocycles. The lowest BCUT2D eigenvalue weighted by molar-refractivity contribution is -0.146. The van der Waals surface area contributed by atoms with Crippen molar-refractivity contribution in [1.29, 1.82) is 0 Å². The van der Waals surface area contributed by atoms with Crippen molar-refractivity contribution in [3.63, 3.8) is 0 Å². The van der Waals surface area contributed by atoms with Crippen molar-refractivity contribution >= 4 is 29.5 Å². The number of carbonyl (C=O) groups is 1. The average Bonchev–Trinajstić information content (AvgIpc) is 2.86. The van der Waals surface area contributed by atoms with Crippen LogP contribution < -0.4 is 0 Å². The van der Waals surface area contributed by atoms with Gasteiger partial charge in [0, 0.05) is 23.6 Å². The molecule has 3 aliphatic heterocycles. The summed E-state index contributed by atoms with van der Waals surface area (Å²) in [5, 5.41) is 0. The van der Waals surface area contributed by atoms with Gasteiger partial charge in [0.1, 0.15) is 0 Å². The molecule has 17 heavy (non-hydrogen) atoms. The molecular formula is C12H19NO2S2. The Bertz CT molecular complexity index is 330. The largest absolute Gasteiger partial charge is 0.469 e. The molecule has 3 rings (SSSR count). The zero-order chi connectivity index (χ0) is 12.0. The van der Waals surface area contributed by atoms with Gasteiger partial charge >= 0.3 is 5.97 Å². The van der Waals surface area contributed by atoms with Crippen molar-refractivity contribution in [2.45, 2.75) is 35.4 Å². The van der Waals surface area contributed by atoms with Crippen molar-refractivity contribution in [3.8, 4) is 0 Å². The number of ether oxygens (including phenoxy) is 1. The van der Waals surface area contributed by atoms with Crippen molar-refractivity contribution in [2.75, 3.05) is 25.7 Å². The normalized spacial score (nSPS) is 39.8. The third kappa shape index (κ3) is 1.73. The van der Waals surface area contributed by atoms with E-state index in [0.29, 0.717) is 16.2 Å². The molecule has 0 radical (unpaired) electrons. The summed E-state index contributed by atoms with van der Waals surface area (Å²) in [5.41, 5.74) is 0. The summed E-state index contributed by atoms with van der Waals surface area (Å²) < 4.78 is 5.33. The van der Waals surface area contributed by atoms with E-state index >= 15 is 0 Å². The molecule has 1 spiro atoms. The van der Waals surface area contributed by atoms with Gasteiger partial charge < -0.3 is 4.74 Å². The van der Waals surface area contributed by atoms with Crippen LogP contribution in [0.4, 0.5) is 0 Å². The summed E-state index contributed by atoms with van der Waals surface area (Å²) in [6, 6.07) is 0.975. The number of piperidine rings is 1. The molecule has 5 heteroatoms. The third-order valence-electron chi connectivity index (χ3n) is 4.53. The van der Waals surface area contributed by atoms with E-state index in [-0.39, 0.29) is 11.9 Å². The number of rotatable bonds is 1. The van der Waals surface area contributed by atoms with E-state index in [1.54, 1.807) is 0 Å². The van der Waals surface area contributed by atoms with Crippen molar-refractivity contribution in [2.24, 2.45) is 5.92 Å². The third-order valence-corrected chi connectivity index (χ3v) is 8.24. The van der Waals surface area contributed by atoms with Gasteiger partial charge in [0.15, 0.2) is 0 Å². The van der Waals surface area contributed by atoms with Gasteiger partial charge in [-0.05, 0) is 26.3 Å². The topological polar surface area (TPSA) is 29.5 Å². The van der Waals surface area contributed by atoms with Crippen LogP contribution in [0.15, 0.2) is 0 Å². The molecule has 3 atom stereocenters. The Morgan fingerprint density at radius 1 is 1.41 bits per heavy atom. The van der Waals surface area contributed by atoms with Crippen molar-refractivity contribution in [1.82, 2.24) is 4.90 Å². The van der Waals surface area contributed by atoms with Gasteiger partial charge in [-0.1, -0.05) is 0 Å². The second-order valence-electron chi connectivity index (χ2n) is 5.16. The zero-order valence-electron chi connectivity index (χ0n) is 10.3. The monoisotopic (exact) mass is 273 g/mol. The summed E-state index contributed by atoms with van der Waals surface area (Å²) in [6.07, 6.45) is 3.40. The Kier molecular flexibility index (Phi) is 3.12. The highest BCUT2D eigenvalue weighted by Crippen LogP contribution is 2.58. The lowest BCUT2D eigenvalue weighted by Gasteiger charge is -2.44. The number of carbonyl (C=O) groups excluding carboxylic acids is 1. The number of esters is 1. The van der Waals surface area contributed by atoms with Crippen LogP contribution in [0.3, 0.4) is 0 Å². The minimum absolute atomic E-state index is 0.00519. The first kappa shape index (κ1) is 12.2. The van der Waals surface area contributed by atoms with E-state index in [0.717, 1.165) is 12.8 Å². The second-order valence-corrected chi connectivity index (χ2v) is 8.27. The maximum atomic E-state index is 11.8. The number of thioether (sulfide) groups is 2. The smallest absolute Gasteiger partial charge is 0.310 e. The number of hydrogen-bond donors (Lipinski definition) is 0. The lowest BCUT2D eigenvalue weighted by atomic mass is 9.98. The fraction of sp³-hybridized carbons (Fsp3) is 0.917. The predicted molar refractivity (Wildman–Crippen MR) is 72.3 cm³/mol. The summed E-state index contributed by atoms with van der Waals surface area (Å²) in [6.45, 7) is 0. The van der Waals surface area contributed by atoms with Crippen LogP contribution in [0.1, 0.15) is 19.3 Å². The van der Waals surface area contributed by atoms with Gasteiger partial charge in [-0.2, -0.15) is 0 Å². The molecule has 3 fully saturated rings. The molecule has 3 saturated heterocycles. The highest BCUT2D eigenvalue weighted by Gasteiger charge is 2.57. The van der Waals surface area contributed by atoms with Crippen LogP contribution in [0, 0.1) is 5.92 Å². The molecule has 0 aliphatic carbocycles. The SMILES string of the molecule is COC(=O)C1CC2N(C)C1CCC21SCCS1. The second kappa shape index (κ2) is 4.35. The highest BCUT2D eigenvalue weighted by molar-refractivity contribution is 8.21. The van der Waals surface area contributed by atoms with Gasteiger partial charge in [-0.3, -0.25) is 9.69 Å². The van der Waals surface area contributed by atoms with Gasteiger partial charge in [-0.15, -0.1) is 23.5 Å². The van der Waals surface area contributed by atoms with Crippen LogP contribution in [0.2, 0.25) is 0 Å². The molecule has 0 aromatic carbocycles. The molecule has 0 N–H and O–H groups in total. The highest BCUT2D eigenvalue weighted by atomic mass is 32.2. The van der Waals surface area contributed by atoms with E-state index in [4.69, 9.17) is 4.74 Å². The quantitative estimate of drug-likeness (QED) is 0.680. The van der Waals surface area contributed by atoms with Crippen molar-refractivity contribution in [3.05, 3.63) is 0 Å². The zero-order valence-corrected chi connectivity index (χ0v) is 12.0. The Labute approximate surface area is 111 Å². The van der Waals surface area contributed by atoms with E-state index in [2.05, 4.69) is 35.5 Å². The summed E-state index contributed by atoms with van der Waals surface area (Å²) in [7, 11) is 3.71. The van der Waals surface area contributed by atoms with Gasteiger partial charge in [0.2, 0.25) is 0 Å². The number of hydrogen-bond acceptors (Lipinski definition) is 5. The van der Waals surface area contributed by atoms with Crippen LogP contribution in [0.25, 0.3) is 0 Å². The first-order valence-corrected chi connectivity index (χ1v) is 8.23. The van der Waals surface area contributed by atoms with Crippen LogP contribution in [0.5, 0.6) is 0 Å². The van der Waals surface area contributed by atoms with Gasteiger partial charge in [0.05, 0.1) is 17.1 Å². The van der Waals surface area contributed by atoms with Gasteiger partial charge in [-0.25, -0.2) is 0 Å². The number of methoxy groups -OCH3 is 1. The van der Waals surface area contributed by atoms with E-state index < -0.39 is 0 Å². The van der Waals surface area contributed by atoms with Crippen molar-refractivity contribution < 1.29 is 9.53 Å². The first-order valence-electron chi connectivity index (χ1n) is 6.25. The van der Waals surface area contributed by atoms with Crippen LogP contribution in [-0.2, 0) is 9.53 Å². The summed E-state index contributed by atoms with van der Waals surface area (Å²) >= 11 is 4.24. The predicted octanol–water partition coefficient (Wildman–Crippen LogP) is 1.82. The number of nitrogens with zero attached hydrogens (tertiary/aromatic N) is 1. The molecule has 0 amide bonds. The maximum absolute atomic E-state index is 11.8. The van der Waals surface area contributed by atoms with Crippen LogP contribution in [-0.4, -0.2) is 52.7 Å². The molecule has 0 aromatic heterocycles. The average molecular weight is 273 g/mol. The fourth-order valence-electron chi connectivity index (χ4n) is 3.70. The maximum Gasteiger partial charge on any atom is 0.310 e. The molecule has 2 bridgehead atoms. The summed E-state index contributed by atoms with van der Waals surface area (Å²) in [5.74, 6) is 2.64. The van der Waals surface area contributed by atoms with E-state index in [1.807, 2.05) is 0 Å². The lowest BCUT2D eigenvalue weighted by Crippen LogP contribution is -2.50. The Balaban J connectivity index is 1.85. The minimum atomic E-state index is -0.00519. The first-order chi connectivity index (χ1) is 8.18. The molecule has 3 heterocycles. The van der Waals surface area contributed by atoms with Gasteiger partial charge in [0.25, 0.3) is 0 Å². The molecule has 0 aromatic rings. The molecule has 3 aliphatic rings. The standard InChI is InChI=1S/C12H19NO2S2/c1-13-9-3-4-12(16-5-6-17-12)10(13)7-8(9)11(14)15-2/h8-10H,3-7H2,1-2H3. The molecule has 3 unspecified atom stereocenters. The fourth-order valence-corrected chi connectivity index (χ4v) is 7.33. The van der Waals surface area contributed by atoms with E-state index in [1.165, 1.54) is 25.0 Å². The molecule has 96 valence electrons. The Morgan fingerprint density at radius 3 is 2.76 bits per heavy atom. The number of fused-ring (bicyclic) bond motifs is 3.